The van der Waals surface area contributed by atoms with Gasteiger partial charge in [-0.25, -0.2) is 0 Å². The Kier molecular flexibility index (Phi) is 5.86. The molecule has 0 aromatic heterocycles. The molecule has 3 atom stereocenters. The van der Waals surface area contributed by atoms with Crippen molar-refractivity contribution in [2.45, 2.75) is 33.2 Å². The first-order valence-corrected chi connectivity index (χ1v) is 7.69. The molecule has 2 N–H and O–H groups in total. The molecular weight excluding hydrogens is 230 g/mol. The summed E-state index contributed by atoms with van der Waals surface area (Å²) < 4.78 is 11.9. The van der Waals surface area contributed by atoms with Gasteiger partial charge in [-0.2, -0.15) is 0 Å². The maximum absolute atomic E-state index is 11.9. The summed E-state index contributed by atoms with van der Waals surface area (Å²) in [5, 5.41) is 0. The highest BCUT2D eigenvalue weighted by molar-refractivity contribution is 7.85. The number of hydrogen-bond acceptors (Lipinski definition) is 2. The second kappa shape index (κ2) is 6.92. The van der Waals surface area contributed by atoms with Crippen molar-refractivity contribution in [3.05, 3.63) is 35.4 Å². The maximum Gasteiger partial charge on any atom is 0.0428 e. The quantitative estimate of drug-likeness (QED) is 0.847. The van der Waals surface area contributed by atoms with E-state index in [9.17, 15) is 4.21 Å². The van der Waals surface area contributed by atoms with Gasteiger partial charge in [0, 0.05) is 28.3 Å². The Hall–Kier alpha value is -0.670. The van der Waals surface area contributed by atoms with Crippen molar-refractivity contribution in [1.29, 1.82) is 0 Å². The van der Waals surface area contributed by atoms with Gasteiger partial charge < -0.3 is 5.73 Å². The lowest BCUT2D eigenvalue weighted by Crippen LogP contribution is -2.22. The number of hydrogen-bond donors (Lipinski definition) is 1. The van der Waals surface area contributed by atoms with Crippen molar-refractivity contribution < 1.29 is 4.21 Å². The van der Waals surface area contributed by atoms with Crippen LogP contribution in [-0.4, -0.2) is 15.7 Å². The van der Waals surface area contributed by atoms with Crippen LogP contribution in [0.15, 0.2) is 24.3 Å². The predicted octanol–water partition coefficient (Wildman–Crippen LogP) is 2.79. The molecule has 2 nitrogen and oxygen atoms in total. The third-order valence-corrected chi connectivity index (χ3v) is 4.79. The molecule has 1 aromatic carbocycles. The summed E-state index contributed by atoms with van der Waals surface area (Å²) >= 11 is 0. The summed E-state index contributed by atoms with van der Waals surface area (Å²) in [5.41, 5.74) is 8.42. The predicted molar refractivity (Wildman–Crippen MR) is 75.4 cm³/mol. The molecule has 0 radical (unpaired) electrons. The molecule has 3 unspecified atom stereocenters. The zero-order valence-corrected chi connectivity index (χ0v) is 11.8. The highest BCUT2D eigenvalue weighted by Crippen LogP contribution is 2.17. The highest BCUT2D eigenvalue weighted by Gasteiger charge is 2.13. The van der Waals surface area contributed by atoms with E-state index in [1.807, 2.05) is 31.2 Å². The van der Waals surface area contributed by atoms with Crippen molar-refractivity contribution in [1.82, 2.24) is 0 Å². The van der Waals surface area contributed by atoms with E-state index in [0.717, 1.165) is 17.7 Å². The molecule has 0 aliphatic carbocycles. The van der Waals surface area contributed by atoms with Crippen LogP contribution in [0.4, 0.5) is 0 Å². The number of benzene rings is 1. The summed E-state index contributed by atoms with van der Waals surface area (Å²) in [6.45, 7) is 6.31. The van der Waals surface area contributed by atoms with Crippen LogP contribution in [0.1, 0.15) is 37.4 Å². The van der Waals surface area contributed by atoms with Crippen molar-refractivity contribution in [3.8, 4) is 0 Å². The lowest BCUT2D eigenvalue weighted by molar-refractivity contribution is 0.612. The van der Waals surface area contributed by atoms with Crippen LogP contribution < -0.4 is 5.73 Å². The van der Waals surface area contributed by atoms with E-state index in [1.165, 1.54) is 5.56 Å². The Morgan fingerprint density at radius 1 is 1.29 bits per heavy atom. The summed E-state index contributed by atoms with van der Waals surface area (Å²) in [7, 11) is -0.814. The Labute approximate surface area is 107 Å². The van der Waals surface area contributed by atoms with E-state index < -0.39 is 10.8 Å². The molecule has 0 saturated carbocycles. The third kappa shape index (κ3) is 4.60. The van der Waals surface area contributed by atoms with Gasteiger partial charge in [0.1, 0.15) is 0 Å². The van der Waals surface area contributed by atoms with Crippen LogP contribution in [0.2, 0.25) is 0 Å². The molecule has 0 heterocycles. The van der Waals surface area contributed by atoms with Crippen LogP contribution in [0, 0.1) is 12.8 Å². The first-order chi connectivity index (χ1) is 8.04. The van der Waals surface area contributed by atoms with E-state index in [0.29, 0.717) is 11.7 Å². The molecule has 0 aliphatic heterocycles. The van der Waals surface area contributed by atoms with Crippen molar-refractivity contribution in [2.24, 2.45) is 11.7 Å². The van der Waals surface area contributed by atoms with Gasteiger partial charge in [-0.3, -0.25) is 4.21 Å². The Balaban J connectivity index is 2.58. The van der Waals surface area contributed by atoms with Crippen LogP contribution in [0.5, 0.6) is 0 Å². The molecule has 1 aromatic rings. The minimum Gasteiger partial charge on any atom is -0.323 e. The molecular formula is C14H23NOS. The first kappa shape index (κ1) is 14.4. The van der Waals surface area contributed by atoms with Gasteiger partial charge in [-0.1, -0.05) is 44.5 Å². The maximum atomic E-state index is 11.9. The SMILES string of the molecule is CCC(C)CS(=O)CC(N)c1ccccc1C. The molecule has 0 bridgehead atoms. The average Bonchev–Trinajstić information content (AvgIpc) is 2.29. The normalized spacial score (nSPS) is 16.5. The molecule has 0 aliphatic rings. The second-order valence-corrected chi connectivity index (χ2v) is 6.30. The topological polar surface area (TPSA) is 43.1 Å². The van der Waals surface area contributed by atoms with Gasteiger partial charge in [0.15, 0.2) is 0 Å². The minimum atomic E-state index is -0.814. The highest BCUT2D eigenvalue weighted by atomic mass is 32.2. The Morgan fingerprint density at radius 3 is 2.53 bits per heavy atom. The molecule has 96 valence electrons. The smallest absolute Gasteiger partial charge is 0.0428 e. The standard InChI is InChI=1S/C14H23NOS/c1-4-11(2)9-17(16)10-14(15)13-8-6-5-7-12(13)3/h5-8,11,14H,4,9-10,15H2,1-3H3. The largest absolute Gasteiger partial charge is 0.323 e. The summed E-state index contributed by atoms with van der Waals surface area (Å²) in [6.07, 6.45) is 1.07. The summed E-state index contributed by atoms with van der Waals surface area (Å²) in [4.78, 5) is 0. The van der Waals surface area contributed by atoms with Gasteiger partial charge in [-0.15, -0.1) is 0 Å². The van der Waals surface area contributed by atoms with Crippen molar-refractivity contribution in [2.75, 3.05) is 11.5 Å². The van der Waals surface area contributed by atoms with Crippen LogP contribution >= 0.6 is 0 Å². The monoisotopic (exact) mass is 253 g/mol. The summed E-state index contributed by atoms with van der Waals surface area (Å²) in [5.74, 6) is 1.84. The van der Waals surface area contributed by atoms with Gasteiger partial charge >= 0.3 is 0 Å². The summed E-state index contributed by atoms with van der Waals surface area (Å²) in [6, 6.07) is 7.95. The fourth-order valence-corrected chi connectivity index (χ4v) is 3.38. The van der Waals surface area contributed by atoms with Gasteiger partial charge in [0.2, 0.25) is 0 Å². The molecule has 17 heavy (non-hydrogen) atoms. The lowest BCUT2D eigenvalue weighted by Gasteiger charge is -2.15. The van der Waals surface area contributed by atoms with Gasteiger partial charge in [-0.05, 0) is 24.0 Å². The van der Waals surface area contributed by atoms with Crippen molar-refractivity contribution in [3.63, 3.8) is 0 Å². The third-order valence-electron chi connectivity index (χ3n) is 3.12. The zero-order chi connectivity index (χ0) is 12.8. The van der Waals surface area contributed by atoms with Crippen molar-refractivity contribution >= 4 is 10.8 Å². The van der Waals surface area contributed by atoms with Crippen LogP contribution in [-0.2, 0) is 10.8 Å². The van der Waals surface area contributed by atoms with E-state index in [-0.39, 0.29) is 6.04 Å². The van der Waals surface area contributed by atoms with E-state index in [1.54, 1.807) is 0 Å². The molecule has 0 spiro atoms. The lowest BCUT2D eigenvalue weighted by atomic mass is 10.0. The number of aryl methyl sites for hydroxylation is 1. The van der Waals surface area contributed by atoms with Gasteiger partial charge in [0.05, 0.1) is 0 Å². The molecule has 0 fully saturated rings. The fourth-order valence-electron chi connectivity index (χ4n) is 1.80. The average molecular weight is 253 g/mol. The Morgan fingerprint density at radius 2 is 1.94 bits per heavy atom. The minimum absolute atomic E-state index is 0.110. The van der Waals surface area contributed by atoms with E-state index >= 15 is 0 Å². The fraction of sp³-hybridized carbons (Fsp3) is 0.571. The van der Waals surface area contributed by atoms with E-state index in [2.05, 4.69) is 13.8 Å². The molecule has 0 amide bonds. The second-order valence-electron chi connectivity index (χ2n) is 4.75. The van der Waals surface area contributed by atoms with Crippen LogP contribution in [0.25, 0.3) is 0 Å². The number of nitrogens with two attached hydrogens (primary N) is 1. The van der Waals surface area contributed by atoms with E-state index in [4.69, 9.17) is 5.73 Å². The van der Waals surface area contributed by atoms with Gasteiger partial charge in [0.25, 0.3) is 0 Å². The first-order valence-electron chi connectivity index (χ1n) is 6.20. The van der Waals surface area contributed by atoms with Crippen LogP contribution in [0.3, 0.4) is 0 Å². The molecule has 3 heteroatoms. The number of rotatable bonds is 6. The Bertz CT molecular complexity index is 378. The molecule has 0 saturated heterocycles. The molecule has 1 rings (SSSR count). The zero-order valence-electron chi connectivity index (χ0n) is 11.0.